The molecule has 2 amide bonds. The van der Waals surface area contributed by atoms with Crippen LogP contribution in [0.3, 0.4) is 0 Å². The van der Waals surface area contributed by atoms with Crippen molar-refractivity contribution in [2.24, 2.45) is 5.73 Å². The highest BCUT2D eigenvalue weighted by atomic mass is 19.1. The number of carbonyl (C=O) groups is 2. The number of nitrogens with zero attached hydrogens (tertiary/aromatic N) is 3. The van der Waals surface area contributed by atoms with Gasteiger partial charge in [-0.25, -0.2) is 9.37 Å². The van der Waals surface area contributed by atoms with Crippen LogP contribution < -0.4 is 20.9 Å². The van der Waals surface area contributed by atoms with Gasteiger partial charge in [0.2, 0.25) is 12.3 Å². The summed E-state index contributed by atoms with van der Waals surface area (Å²) >= 11 is 0. The summed E-state index contributed by atoms with van der Waals surface area (Å²) in [7, 11) is 0. The van der Waals surface area contributed by atoms with Gasteiger partial charge in [-0.2, -0.15) is 0 Å². The quantitative estimate of drug-likeness (QED) is 0.504. The molecular weight excluding hydrogens is 389 g/mol. The molecule has 0 bridgehead atoms. The average molecular weight is 415 g/mol. The van der Waals surface area contributed by atoms with Gasteiger partial charge in [-0.3, -0.25) is 9.59 Å². The van der Waals surface area contributed by atoms with E-state index in [9.17, 15) is 19.1 Å². The van der Waals surface area contributed by atoms with Crippen molar-refractivity contribution in [3.05, 3.63) is 47.8 Å². The maximum atomic E-state index is 13.4. The van der Waals surface area contributed by atoms with E-state index >= 15 is 0 Å². The predicted molar refractivity (Wildman–Crippen MR) is 113 cm³/mol. The summed E-state index contributed by atoms with van der Waals surface area (Å²) in [5.74, 6) is 0.365. The number of hydrogen-bond donors (Lipinski definition) is 3. The Kier molecular flexibility index (Phi) is 7.18. The molecule has 30 heavy (non-hydrogen) atoms. The maximum Gasteiger partial charge on any atom is 0.219 e. The highest BCUT2D eigenvalue weighted by Gasteiger charge is 2.23. The van der Waals surface area contributed by atoms with Crippen molar-refractivity contribution in [2.75, 3.05) is 41.3 Å². The summed E-state index contributed by atoms with van der Waals surface area (Å²) in [6.07, 6.45) is 1.51. The molecule has 160 valence electrons. The molecule has 2 aromatic rings. The zero-order valence-electron chi connectivity index (χ0n) is 16.6. The minimum atomic E-state index is -0.502. The SMILES string of the molecule is NC(=O)CCN(C=O)c1ccc(N2CC[C@@H](O)C2)nc1NCCc1cccc(F)c1. The van der Waals surface area contributed by atoms with Gasteiger partial charge in [0.25, 0.3) is 0 Å². The van der Waals surface area contributed by atoms with Gasteiger partial charge in [0.1, 0.15) is 11.6 Å². The van der Waals surface area contributed by atoms with E-state index in [0.717, 1.165) is 5.56 Å². The zero-order chi connectivity index (χ0) is 21.5. The fraction of sp³-hybridized carbons (Fsp3) is 0.381. The van der Waals surface area contributed by atoms with Crippen LogP contribution in [0.1, 0.15) is 18.4 Å². The van der Waals surface area contributed by atoms with Crippen LogP contribution >= 0.6 is 0 Å². The first kappa shape index (κ1) is 21.5. The summed E-state index contributed by atoms with van der Waals surface area (Å²) in [5.41, 5.74) is 6.57. The standard InChI is InChI=1S/C21H26FN5O3/c22-16-3-1-2-15(12-16)6-9-24-21-18(27(14-28)11-8-19(23)30)4-5-20(25-21)26-10-7-17(29)13-26/h1-5,12,14,17,29H,6-11,13H2,(H2,23,30)(H,24,25)/t17-/m1/s1. The third-order valence-corrected chi connectivity index (χ3v) is 4.98. The number of nitrogens with one attached hydrogen (secondary N) is 1. The van der Waals surface area contributed by atoms with Crippen LogP contribution in [0.25, 0.3) is 0 Å². The van der Waals surface area contributed by atoms with E-state index in [0.29, 0.717) is 56.2 Å². The fourth-order valence-electron chi connectivity index (χ4n) is 3.41. The van der Waals surface area contributed by atoms with E-state index in [4.69, 9.17) is 5.73 Å². The Hall–Kier alpha value is -3.20. The third-order valence-electron chi connectivity index (χ3n) is 4.98. The zero-order valence-corrected chi connectivity index (χ0v) is 16.6. The van der Waals surface area contributed by atoms with Gasteiger partial charge < -0.3 is 26.0 Å². The number of amides is 2. The molecule has 0 unspecified atom stereocenters. The summed E-state index contributed by atoms with van der Waals surface area (Å²) in [5, 5.41) is 13.0. The molecule has 4 N–H and O–H groups in total. The van der Waals surface area contributed by atoms with Crippen LogP contribution in [0.15, 0.2) is 36.4 Å². The molecule has 1 aliphatic rings. The molecular formula is C21H26FN5O3. The van der Waals surface area contributed by atoms with E-state index in [1.165, 1.54) is 17.0 Å². The van der Waals surface area contributed by atoms with E-state index in [2.05, 4.69) is 10.3 Å². The van der Waals surface area contributed by atoms with Gasteiger partial charge in [0.15, 0.2) is 5.82 Å². The molecule has 1 aliphatic heterocycles. The largest absolute Gasteiger partial charge is 0.391 e. The molecule has 3 rings (SSSR count). The number of benzene rings is 1. The molecule has 1 atom stereocenters. The second-order valence-electron chi connectivity index (χ2n) is 7.25. The molecule has 0 radical (unpaired) electrons. The highest BCUT2D eigenvalue weighted by Crippen LogP contribution is 2.28. The Morgan fingerprint density at radius 3 is 2.90 bits per heavy atom. The number of carbonyl (C=O) groups excluding carboxylic acids is 2. The molecule has 2 heterocycles. The lowest BCUT2D eigenvalue weighted by atomic mass is 10.1. The van der Waals surface area contributed by atoms with E-state index in [-0.39, 0.29) is 18.8 Å². The molecule has 8 nitrogen and oxygen atoms in total. The van der Waals surface area contributed by atoms with Crippen molar-refractivity contribution in [3.8, 4) is 0 Å². The molecule has 0 aliphatic carbocycles. The summed E-state index contributed by atoms with van der Waals surface area (Å²) in [6, 6.07) is 9.91. The van der Waals surface area contributed by atoms with E-state index < -0.39 is 12.0 Å². The first-order valence-electron chi connectivity index (χ1n) is 9.89. The molecule has 1 fully saturated rings. The lowest BCUT2D eigenvalue weighted by Crippen LogP contribution is -2.28. The number of primary amides is 1. The van der Waals surface area contributed by atoms with Gasteiger partial charge in [-0.1, -0.05) is 12.1 Å². The van der Waals surface area contributed by atoms with Crippen LogP contribution in [-0.4, -0.2) is 54.7 Å². The van der Waals surface area contributed by atoms with Crippen molar-refractivity contribution >= 4 is 29.6 Å². The van der Waals surface area contributed by atoms with Crippen molar-refractivity contribution < 1.29 is 19.1 Å². The summed E-state index contributed by atoms with van der Waals surface area (Å²) < 4.78 is 13.4. The Balaban J connectivity index is 1.79. The molecule has 0 spiro atoms. The number of anilines is 3. The first-order chi connectivity index (χ1) is 14.5. The number of pyridine rings is 1. The minimum Gasteiger partial charge on any atom is -0.391 e. The number of nitrogens with two attached hydrogens (primary N) is 1. The lowest BCUT2D eigenvalue weighted by molar-refractivity contribution is -0.117. The molecule has 0 saturated carbocycles. The lowest BCUT2D eigenvalue weighted by Gasteiger charge is -2.23. The smallest absolute Gasteiger partial charge is 0.219 e. The minimum absolute atomic E-state index is 0.0293. The number of aliphatic hydroxyl groups excluding tert-OH is 1. The number of aliphatic hydroxyl groups is 1. The predicted octanol–water partition coefficient (Wildman–Crippen LogP) is 1.28. The Labute approximate surface area is 174 Å². The molecule has 1 aromatic heterocycles. The van der Waals surface area contributed by atoms with E-state index in [1.807, 2.05) is 11.0 Å². The van der Waals surface area contributed by atoms with Crippen molar-refractivity contribution in [2.45, 2.75) is 25.4 Å². The maximum absolute atomic E-state index is 13.4. The monoisotopic (exact) mass is 415 g/mol. The number of β-amino-alcohol motifs (C(OH)–C–C–N with tert-alkyl or cyclic N) is 1. The van der Waals surface area contributed by atoms with Crippen LogP contribution in [0.4, 0.5) is 21.7 Å². The van der Waals surface area contributed by atoms with Crippen LogP contribution in [0.2, 0.25) is 0 Å². The van der Waals surface area contributed by atoms with Crippen LogP contribution in [-0.2, 0) is 16.0 Å². The topological polar surface area (TPSA) is 112 Å². The van der Waals surface area contributed by atoms with Crippen LogP contribution in [0, 0.1) is 5.82 Å². The molecule has 1 aromatic carbocycles. The summed E-state index contributed by atoms with van der Waals surface area (Å²) in [6.45, 7) is 1.79. The van der Waals surface area contributed by atoms with Gasteiger partial charge in [-0.05, 0) is 42.7 Å². The normalized spacial score (nSPS) is 15.8. The molecule has 1 saturated heterocycles. The fourth-order valence-corrected chi connectivity index (χ4v) is 3.41. The Morgan fingerprint density at radius 1 is 1.40 bits per heavy atom. The Morgan fingerprint density at radius 2 is 2.23 bits per heavy atom. The number of rotatable bonds is 10. The number of aromatic nitrogens is 1. The first-order valence-corrected chi connectivity index (χ1v) is 9.89. The second kappa shape index (κ2) is 10.0. The molecule has 9 heteroatoms. The van der Waals surface area contributed by atoms with Crippen molar-refractivity contribution in [1.29, 1.82) is 0 Å². The van der Waals surface area contributed by atoms with Gasteiger partial charge in [-0.15, -0.1) is 0 Å². The van der Waals surface area contributed by atoms with Gasteiger partial charge >= 0.3 is 0 Å². The van der Waals surface area contributed by atoms with Crippen molar-refractivity contribution in [3.63, 3.8) is 0 Å². The average Bonchev–Trinajstić information content (AvgIpc) is 3.15. The second-order valence-corrected chi connectivity index (χ2v) is 7.25. The van der Waals surface area contributed by atoms with Gasteiger partial charge in [0.05, 0.1) is 11.8 Å². The van der Waals surface area contributed by atoms with Crippen LogP contribution in [0.5, 0.6) is 0 Å². The third kappa shape index (κ3) is 5.66. The van der Waals surface area contributed by atoms with Crippen molar-refractivity contribution in [1.82, 2.24) is 4.98 Å². The summed E-state index contributed by atoms with van der Waals surface area (Å²) in [4.78, 5) is 30.8. The highest BCUT2D eigenvalue weighted by molar-refractivity contribution is 5.84. The number of hydrogen-bond acceptors (Lipinski definition) is 6. The van der Waals surface area contributed by atoms with Gasteiger partial charge in [0, 0.05) is 32.6 Å². The van der Waals surface area contributed by atoms with E-state index in [1.54, 1.807) is 18.2 Å². The number of halogens is 1. The Bertz CT molecular complexity index is 895.